The zero-order valence-electron chi connectivity index (χ0n) is 19.8. The number of carbonyl (C=O) groups is 1. The van der Waals surface area contributed by atoms with Gasteiger partial charge in [-0.15, -0.1) is 0 Å². The first-order valence-corrected chi connectivity index (χ1v) is 11.3. The molecule has 34 heavy (non-hydrogen) atoms. The molecule has 2 aromatic heterocycles. The van der Waals surface area contributed by atoms with Crippen LogP contribution in [0, 0.1) is 10.1 Å². The minimum absolute atomic E-state index is 0.0187. The summed E-state index contributed by atoms with van der Waals surface area (Å²) in [6.07, 6.45) is 4.57. The highest BCUT2D eigenvalue weighted by atomic mass is 16.6. The maximum atomic E-state index is 13.3. The van der Waals surface area contributed by atoms with Crippen LogP contribution in [0.2, 0.25) is 0 Å². The highest BCUT2D eigenvalue weighted by molar-refractivity contribution is 6.06. The Bertz CT molecular complexity index is 1140. The lowest BCUT2D eigenvalue weighted by atomic mass is 10.1. The largest absolute Gasteiger partial charge is 0.490 e. The third kappa shape index (κ3) is 5.51. The van der Waals surface area contributed by atoms with Gasteiger partial charge in [0.25, 0.3) is 11.6 Å². The number of nitro groups is 1. The number of rotatable bonds is 11. The molecule has 0 bridgehead atoms. The van der Waals surface area contributed by atoms with Gasteiger partial charge in [-0.1, -0.05) is 33.8 Å². The summed E-state index contributed by atoms with van der Waals surface area (Å²) in [4.78, 5) is 28.8. The van der Waals surface area contributed by atoms with Gasteiger partial charge in [0.1, 0.15) is 5.69 Å². The average molecular weight is 468 g/mol. The summed E-state index contributed by atoms with van der Waals surface area (Å²) < 4.78 is 13.0. The Kier molecular flexibility index (Phi) is 8.18. The average Bonchev–Trinajstić information content (AvgIpc) is 3.28. The Balaban J connectivity index is 2.01. The Morgan fingerprint density at radius 1 is 1.15 bits per heavy atom. The molecule has 0 fully saturated rings. The lowest BCUT2D eigenvalue weighted by Gasteiger charge is -2.15. The van der Waals surface area contributed by atoms with Crippen LogP contribution in [0.1, 0.15) is 62.5 Å². The van der Waals surface area contributed by atoms with E-state index in [0.717, 1.165) is 12.8 Å². The van der Waals surface area contributed by atoms with Gasteiger partial charge in [0.05, 0.1) is 41.7 Å². The zero-order chi connectivity index (χ0) is 24.7. The Morgan fingerprint density at radius 2 is 1.82 bits per heavy atom. The summed E-state index contributed by atoms with van der Waals surface area (Å²) in [7, 11) is 0. The van der Waals surface area contributed by atoms with Gasteiger partial charge in [0.15, 0.2) is 17.3 Å². The summed E-state index contributed by atoms with van der Waals surface area (Å²) >= 11 is 0. The fraction of sp³-hybridized carbons (Fsp3) is 0.375. The van der Waals surface area contributed by atoms with Crippen LogP contribution in [0.5, 0.6) is 11.5 Å². The number of hydrogen-bond donors (Lipinski definition) is 1. The van der Waals surface area contributed by atoms with Crippen molar-refractivity contribution in [1.82, 2.24) is 14.8 Å². The van der Waals surface area contributed by atoms with Crippen LogP contribution in [-0.4, -0.2) is 38.8 Å². The van der Waals surface area contributed by atoms with Crippen molar-refractivity contribution in [2.45, 2.75) is 46.5 Å². The predicted molar refractivity (Wildman–Crippen MR) is 128 cm³/mol. The van der Waals surface area contributed by atoms with E-state index < -0.39 is 10.8 Å². The van der Waals surface area contributed by atoms with Crippen LogP contribution in [0.25, 0.3) is 5.82 Å². The molecule has 0 atom stereocenters. The minimum atomic E-state index is -0.557. The van der Waals surface area contributed by atoms with Crippen molar-refractivity contribution in [3.8, 4) is 17.3 Å². The highest BCUT2D eigenvalue weighted by Gasteiger charge is 2.26. The van der Waals surface area contributed by atoms with Gasteiger partial charge in [0, 0.05) is 12.3 Å². The Labute approximate surface area is 198 Å². The number of amides is 1. The molecular weight excluding hydrogens is 438 g/mol. The van der Waals surface area contributed by atoms with E-state index in [2.05, 4.69) is 15.4 Å². The molecule has 1 amide bonds. The molecule has 0 saturated carbocycles. The van der Waals surface area contributed by atoms with Gasteiger partial charge in [-0.25, -0.2) is 9.67 Å². The second kappa shape index (κ2) is 11.3. The molecule has 0 saturated heterocycles. The van der Waals surface area contributed by atoms with Crippen molar-refractivity contribution in [1.29, 1.82) is 0 Å². The minimum Gasteiger partial charge on any atom is -0.490 e. The number of aromatic nitrogens is 3. The fourth-order valence-electron chi connectivity index (χ4n) is 3.39. The third-order valence-electron chi connectivity index (χ3n) is 4.89. The van der Waals surface area contributed by atoms with Crippen molar-refractivity contribution < 1.29 is 19.2 Å². The van der Waals surface area contributed by atoms with Gasteiger partial charge < -0.3 is 14.8 Å². The Hall–Kier alpha value is -3.95. The number of nitrogens with one attached hydrogen (secondary N) is 1. The third-order valence-corrected chi connectivity index (χ3v) is 4.89. The number of nitro benzene ring substituents is 1. The van der Waals surface area contributed by atoms with Crippen LogP contribution < -0.4 is 14.8 Å². The van der Waals surface area contributed by atoms with Crippen LogP contribution >= 0.6 is 0 Å². The lowest BCUT2D eigenvalue weighted by molar-refractivity contribution is -0.384. The number of ether oxygens (including phenoxy) is 2. The summed E-state index contributed by atoms with van der Waals surface area (Å²) in [5.74, 6) is 0.602. The van der Waals surface area contributed by atoms with Crippen LogP contribution in [-0.2, 0) is 0 Å². The molecule has 0 unspecified atom stereocenters. The number of carbonyl (C=O) groups excluding carboxylic acids is 1. The van der Waals surface area contributed by atoms with Crippen LogP contribution in [0.3, 0.4) is 0 Å². The first-order valence-electron chi connectivity index (χ1n) is 11.3. The molecule has 1 aromatic carbocycles. The summed E-state index contributed by atoms with van der Waals surface area (Å²) in [6.45, 7) is 8.55. The normalized spacial score (nSPS) is 10.9. The predicted octanol–water partition coefficient (Wildman–Crippen LogP) is 5.13. The molecule has 2 heterocycles. The van der Waals surface area contributed by atoms with Gasteiger partial charge in [-0.3, -0.25) is 14.9 Å². The molecule has 0 radical (unpaired) electrons. The summed E-state index contributed by atoms with van der Waals surface area (Å²) in [5.41, 5.74) is 0.679. The monoisotopic (exact) mass is 467 g/mol. The highest BCUT2D eigenvalue weighted by Crippen LogP contribution is 2.38. The standard InChI is InChI=1S/C24H29N5O5/c1-5-11-33-20-13-18(19(29(31)32)14-21(20)34-12-6-2)27-24(30)17-15-26-28(23(17)16(3)4)22-9-7-8-10-25-22/h7-10,13-16H,5-6,11-12H2,1-4H3,(H,27,30). The fourth-order valence-corrected chi connectivity index (χ4v) is 3.39. The number of anilines is 1. The van der Waals surface area contributed by atoms with Crippen molar-refractivity contribution in [3.63, 3.8) is 0 Å². The summed E-state index contributed by atoms with van der Waals surface area (Å²) in [6, 6.07) is 8.14. The van der Waals surface area contributed by atoms with E-state index in [1.165, 1.54) is 18.3 Å². The maximum Gasteiger partial charge on any atom is 0.296 e. The van der Waals surface area contributed by atoms with E-state index in [4.69, 9.17) is 9.47 Å². The van der Waals surface area contributed by atoms with E-state index in [-0.39, 0.29) is 23.0 Å². The molecule has 0 aliphatic heterocycles. The van der Waals surface area contributed by atoms with E-state index in [1.807, 2.05) is 33.8 Å². The molecule has 0 aliphatic carbocycles. The van der Waals surface area contributed by atoms with Crippen LogP contribution in [0.4, 0.5) is 11.4 Å². The van der Waals surface area contributed by atoms with Gasteiger partial charge in [-0.05, 0) is 30.9 Å². The number of pyridine rings is 1. The molecule has 0 aliphatic rings. The maximum absolute atomic E-state index is 13.3. The lowest BCUT2D eigenvalue weighted by Crippen LogP contribution is -2.17. The molecule has 10 heteroatoms. The molecule has 0 spiro atoms. The number of nitrogens with zero attached hydrogens (tertiary/aromatic N) is 4. The van der Waals surface area contributed by atoms with Crippen molar-refractivity contribution in [3.05, 3.63) is 64.1 Å². The van der Waals surface area contributed by atoms with Gasteiger partial charge in [-0.2, -0.15) is 5.10 Å². The second-order valence-electron chi connectivity index (χ2n) is 7.92. The van der Waals surface area contributed by atoms with E-state index in [1.54, 1.807) is 23.0 Å². The van der Waals surface area contributed by atoms with Crippen molar-refractivity contribution in [2.75, 3.05) is 18.5 Å². The molecule has 1 N–H and O–H groups in total. The molecular formula is C24H29N5O5. The van der Waals surface area contributed by atoms with Crippen LogP contribution in [0.15, 0.2) is 42.7 Å². The van der Waals surface area contributed by atoms with Crippen molar-refractivity contribution in [2.24, 2.45) is 0 Å². The number of hydrogen-bond acceptors (Lipinski definition) is 7. The molecule has 10 nitrogen and oxygen atoms in total. The summed E-state index contributed by atoms with van der Waals surface area (Å²) in [5, 5.41) is 18.8. The molecule has 180 valence electrons. The van der Waals surface area contributed by atoms with Gasteiger partial charge >= 0.3 is 0 Å². The smallest absolute Gasteiger partial charge is 0.296 e. The van der Waals surface area contributed by atoms with Crippen molar-refractivity contribution >= 4 is 17.3 Å². The van der Waals surface area contributed by atoms with E-state index in [0.29, 0.717) is 36.0 Å². The molecule has 3 rings (SSSR count). The zero-order valence-corrected chi connectivity index (χ0v) is 19.8. The topological polar surface area (TPSA) is 121 Å². The Morgan fingerprint density at radius 3 is 2.38 bits per heavy atom. The second-order valence-corrected chi connectivity index (χ2v) is 7.92. The van der Waals surface area contributed by atoms with E-state index in [9.17, 15) is 14.9 Å². The quantitative estimate of drug-likeness (QED) is 0.306. The van der Waals surface area contributed by atoms with Gasteiger partial charge in [0.2, 0.25) is 0 Å². The first kappa shape index (κ1) is 24.7. The first-order chi connectivity index (χ1) is 16.4. The molecule has 3 aromatic rings. The van der Waals surface area contributed by atoms with E-state index >= 15 is 0 Å². The SMILES string of the molecule is CCCOc1cc(NC(=O)c2cnn(-c3ccccn3)c2C(C)C)c([N+](=O)[O-])cc1OCCC. The number of benzene rings is 1.